The van der Waals surface area contributed by atoms with E-state index in [1.54, 1.807) is 30.3 Å². The minimum absolute atomic E-state index is 0.0431. The molecule has 0 aromatic heterocycles. The van der Waals surface area contributed by atoms with Crippen molar-refractivity contribution in [2.75, 3.05) is 0 Å². The lowest BCUT2D eigenvalue weighted by molar-refractivity contribution is -0.274. The van der Waals surface area contributed by atoms with Gasteiger partial charge in [0.15, 0.2) is 0 Å². The average Bonchev–Trinajstić information content (AvgIpc) is 2.88. The van der Waals surface area contributed by atoms with Crippen molar-refractivity contribution in [1.29, 1.82) is 0 Å². The highest BCUT2D eigenvalue weighted by atomic mass is 19.4. The van der Waals surface area contributed by atoms with Crippen LogP contribution in [0, 0.1) is 0 Å². The number of carbonyl (C=O) groups excluding carboxylic acids is 2. The Morgan fingerprint density at radius 1 is 1.15 bits per heavy atom. The van der Waals surface area contributed by atoms with E-state index in [2.05, 4.69) is 15.4 Å². The summed E-state index contributed by atoms with van der Waals surface area (Å²) in [6.07, 6.45) is -4.72. The summed E-state index contributed by atoms with van der Waals surface area (Å²) in [5.74, 6) is -0.897. The van der Waals surface area contributed by atoms with E-state index < -0.39 is 12.4 Å². The van der Waals surface area contributed by atoms with Gasteiger partial charge < -0.3 is 15.4 Å². The van der Waals surface area contributed by atoms with Crippen LogP contribution in [0.4, 0.5) is 13.2 Å². The van der Waals surface area contributed by atoms with Gasteiger partial charge in [0, 0.05) is 12.1 Å². The van der Waals surface area contributed by atoms with Gasteiger partial charge >= 0.3 is 6.36 Å². The number of nitrogens with one attached hydrogen (secondary N) is 2. The summed E-state index contributed by atoms with van der Waals surface area (Å²) in [5.41, 5.74) is 1.77. The minimum atomic E-state index is -4.77. The first kappa shape index (κ1) is 17.8. The van der Waals surface area contributed by atoms with E-state index in [9.17, 15) is 22.8 Å². The molecule has 2 N–H and O–H groups in total. The van der Waals surface area contributed by atoms with Gasteiger partial charge in [-0.1, -0.05) is 30.3 Å². The number of ether oxygens (including phenoxy) is 1. The molecule has 2 amide bonds. The van der Waals surface area contributed by atoms with Crippen molar-refractivity contribution in [1.82, 2.24) is 10.6 Å². The van der Waals surface area contributed by atoms with E-state index in [0.717, 1.165) is 5.56 Å². The molecule has 1 atom stereocenters. The molecular formula is C18H15F3N2O3. The monoisotopic (exact) mass is 364 g/mol. The number of halogens is 3. The summed E-state index contributed by atoms with van der Waals surface area (Å²) in [5, 5.41) is 5.37. The first-order valence-corrected chi connectivity index (χ1v) is 7.83. The summed E-state index contributed by atoms with van der Waals surface area (Å²) in [6, 6.07) is 12.0. The lowest BCUT2D eigenvalue weighted by atomic mass is 10.0. The third-order valence-electron chi connectivity index (χ3n) is 3.90. The lowest BCUT2D eigenvalue weighted by Gasteiger charge is -2.13. The van der Waals surface area contributed by atoms with Crippen LogP contribution in [0.25, 0.3) is 0 Å². The van der Waals surface area contributed by atoms with Crippen molar-refractivity contribution < 1.29 is 27.5 Å². The topological polar surface area (TPSA) is 67.4 Å². The number of alkyl halides is 3. The van der Waals surface area contributed by atoms with E-state index in [1.165, 1.54) is 18.2 Å². The van der Waals surface area contributed by atoms with Gasteiger partial charge in [0.05, 0.1) is 12.5 Å². The summed E-state index contributed by atoms with van der Waals surface area (Å²) in [7, 11) is 0. The fourth-order valence-electron chi connectivity index (χ4n) is 2.79. The van der Waals surface area contributed by atoms with E-state index in [0.29, 0.717) is 11.1 Å². The SMILES string of the molecule is O=C(CC1NC(=O)c2ccccc21)NCc1cccc(OC(F)(F)F)c1. The van der Waals surface area contributed by atoms with Crippen molar-refractivity contribution in [2.24, 2.45) is 0 Å². The smallest absolute Gasteiger partial charge is 0.406 e. The number of fused-ring (bicyclic) bond motifs is 1. The predicted molar refractivity (Wildman–Crippen MR) is 86.2 cm³/mol. The molecule has 1 heterocycles. The Hall–Kier alpha value is -3.03. The Morgan fingerprint density at radius 2 is 1.92 bits per heavy atom. The average molecular weight is 364 g/mol. The van der Waals surface area contributed by atoms with Gasteiger partial charge in [-0.2, -0.15) is 0 Å². The minimum Gasteiger partial charge on any atom is -0.406 e. The zero-order valence-electron chi connectivity index (χ0n) is 13.5. The number of hydrogen-bond acceptors (Lipinski definition) is 3. The Balaban J connectivity index is 1.57. The van der Waals surface area contributed by atoms with Gasteiger partial charge in [-0.15, -0.1) is 13.2 Å². The summed E-state index contributed by atoms with van der Waals surface area (Å²) >= 11 is 0. The van der Waals surface area contributed by atoms with Gasteiger partial charge in [0.25, 0.3) is 5.91 Å². The van der Waals surface area contributed by atoms with Crippen LogP contribution in [0.15, 0.2) is 48.5 Å². The van der Waals surface area contributed by atoms with Crippen LogP contribution in [0.5, 0.6) is 5.75 Å². The first-order chi connectivity index (χ1) is 12.3. The van der Waals surface area contributed by atoms with Crippen LogP contribution in [0.2, 0.25) is 0 Å². The molecule has 0 saturated carbocycles. The molecule has 3 rings (SSSR count). The summed E-state index contributed by atoms with van der Waals surface area (Å²) in [6.45, 7) is 0.0518. The third-order valence-corrected chi connectivity index (χ3v) is 3.90. The van der Waals surface area contributed by atoms with Gasteiger partial charge in [-0.25, -0.2) is 0 Å². The molecular weight excluding hydrogens is 349 g/mol. The zero-order valence-corrected chi connectivity index (χ0v) is 13.5. The fourth-order valence-corrected chi connectivity index (χ4v) is 2.79. The molecule has 1 aliphatic rings. The van der Waals surface area contributed by atoms with Crippen molar-refractivity contribution in [2.45, 2.75) is 25.4 Å². The van der Waals surface area contributed by atoms with Crippen LogP contribution in [-0.4, -0.2) is 18.2 Å². The van der Waals surface area contributed by atoms with Gasteiger partial charge in [0.2, 0.25) is 5.91 Å². The molecule has 0 radical (unpaired) electrons. The van der Waals surface area contributed by atoms with Crippen LogP contribution >= 0.6 is 0 Å². The van der Waals surface area contributed by atoms with E-state index in [4.69, 9.17) is 0 Å². The quantitative estimate of drug-likeness (QED) is 0.857. The highest BCUT2D eigenvalue weighted by molar-refractivity contribution is 5.99. The van der Waals surface area contributed by atoms with Crippen molar-refractivity contribution >= 4 is 11.8 Å². The molecule has 26 heavy (non-hydrogen) atoms. The van der Waals surface area contributed by atoms with Crippen molar-refractivity contribution in [3.8, 4) is 5.75 Å². The number of benzene rings is 2. The second-order valence-electron chi connectivity index (χ2n) is 5.79. The summed E-state index contributed by atoms with van der Waals surface area (Å²) in [4.78, 5) is 24.0. The van der Waals surface area contributed by atoms with Crippen LogP contribution < -0.4 is 15.4 Å². The van der Waals surface area contributed by atoms with E-state index in [1.807, 2.05) is 0 Å². The Kier molecular flexibility index (Phi) is 4.83. The Morgan fingerprint density at radius 3 is 2.69 bits per heavy atom. The van der Waals surface area contributed by atoms with E-state index in [-0.39, 0.29) is 30.5 Å². The molecule has 0 fully saturated rings. The maximum absolute atomic E-state index is 12.2. The number of hydrogen-bond donors (Lipinski definition) is 2. The van der Waals surface area contributed by atoms with Gasteiger partial charge in [0.1, 0.15) is 5.75 Å². The third kappa shape index (κ3) is 4.33. The molecule has 0 spiro atoms. The predicted octanol–water partition coefficient (Wildman–Crippen LogP) is 3.08. The molecule has 2 aromatic carbocycles. The van der Waals surface area contributed by atoms with Gasteiger partial charge in [-0.05, 0) is 29.3 Å². The Bertz CT molecular complexity index is 836. The Labute approximate surface area is 147 Å². The molecule has 8 heteroatoms. The van der Waals surface area contributed by atoms with Gasteiger partial charge in [-0.3, -0.25) is 9.59 Å². The molecule has 1 unspecified atom stereocenters. The molecule has 0 aliphatic carbocycles. The first-order valence-electron chi connectivity index (χ1n) is 7.83. The number of carbonyl (C=O) groups is 2. The molecule has 5 nitrogen and oxygen atoms in total. The molecule has 0 bridgehead atoms. The second kappa shape index (κ2) is 7.07. The molecule has 1 aliphatic heterocycles. The maximum atomic E-state index is 12.2. The normalized spacial score (nSPS) is 16.0. The van der Waals surface area contributed by atoms with Crippen LogP contribution in [0.3, 0.4) is 0 Å². The largest absolute Gasteiger partial charge is 0.573 e. The number of rotatable bonds is 5. The standard InChI is InChI=1S/C18H15F3N2O3/c19-18(20,21)26-12-5-3-4-11(8-12)10-22-16(24)9-15-13-6-1-2-7-14(13)17(25)23-15/h1-8,15H,9-10H2,(H,22,24)(H,23,25). The van der Waals surface area contributed by atoms with E-state index >= 15 is 0 Å². The van der Waals surface area contributed by atoms with Crippen molar-refractivity contribution in [3.63, 3.8) is 0 Å². The molecule has 0 saturated heterocycles. The van der Waals surface area contributed by atoms with Crippen molar-refractivity contribution in [3.05, 3.63) is 65.2 Å². The molecule has 2 aromatic rings. The summed E-state index contributed by atoms with van der Waals surface area (Å²) < 4.78 is 40.6. The highest BCUT2D eigenvalue weighted by Gasteiger charge is 2.31. The number of amides is 2. The van der Waals surface area contributed by atoms with Crippen LogP contribution in [-0.2, 0) is 11.3 Å². The second-order valence-corrected chi connectivity index (χ2v) is 5.79. The zero-order chi connectivity index (χ0) is 18.7. The highest BCUT2D eigenvalue weighted by Crippen LogP contribution is 2.27. The lowest BCUT2D eigenvalue weighted by Crippen LogP contribution is -2.28. The molecule has 136 valence electrons. The fraction of sp³-hybridized carbons (Fsp3) is 0.222. The van der Waals surface area contributed by atoms with Crippen LogP contribution in [0.1, 0.15) is 33.9 Å². The maximum Gasteiger partial charge on any atom is 0.573 e.